The topological polar surface area (TPSA) is 72.9 Å². The number of benzene rings is 1. The van der Waals surface area contributed by atoms with Crippen molar-refractivity contribution in [2.24, 2.45) is 11.1 Å². The lowest BCUT2D eigenvalue weighted by Crippen LogP contribution is -2.24. The van der Waals surface area contributed by atoms with E-state index in [1.165, 1.54) is 23.7 Å². The molecule has 3 rings (SSSR count). The highest BCUT2D eigenvalue weighted by Crippen LogP contribution is 2.36. The van der Waals surface area contributed by atoms with Gasteiger partial charge in [-0.25, -0.2) is 4.39 Å². The van der Waals surface area contributed by atoms with Crippen LogP contribution in [0.5, 0.6) is 0 Å². The first-order valence-electron chi connectivity index (χ1n) is 9.33. The lowest BCUT2D eigenvalue weighted by Gasteiger charge is -2.22. The van der Waals surface area contributed by atoms with Crippen LogP contribution < -0.4 is 10.5 Å². The number of halogens is 4. The van der Waals surface area contributed by atoms with Crippen LogP contribution in [0.25, 0.3) is 0 Å². The van der Waals surface area contributed by atoms with Crippen molar-refractivity contribution in [3.8, 4) is 0 Å². The Morgan fingerprint density at radius 3 is 2.62 bits per heavy atom. The Bertz CT molecular complexity index is 891. The van der Waals surface area contributed by atoms with E-state index >= 15 is 0 Å². The molecule has 29 heavy (non-hydrogen) atoms. The maximum absolute atomic E-state index is 13.7. The predicted molar refractivity (Wildman–Crippen MR) is 103 cm³/mol. The van der Waals surface area contributed by atoms with Crippen molar-refractivity contribution in [1.29, 1.82) is 0 Å². The molecule has 1 aromatic carbocycles. The summed E-state index contributed by atoms with van der Waals surface area (Å²) >= 11 is 0.647. The van der Waals surface area contributed by atoms with Gasteiger partial charge in [0, 0.05) is 12.2 Å². The number of nitrogens with zero attached hydrogens (tertiary/aromatic N) is 2. The number of carbonyl (C=O) groups is 1. The molecule has 1 saturated carbocycles. The number of rotatable bonds is 5. The zero-order valence-corrected chi connectivity index (χ0v) is 16.7. The quantitative estimate of drug-likeness (QED) is 0.508. The highest BCUT2D eigenvalue weighted by Gasteiger charge is 2.41. The Balaban J connectivity index is 1.95. The van der Waals surface area contributed by atoms with Crippen LogP contribution >= 0.6 is 11.9 Å². The van der Waals surface area contributed by atoms with E-state index in [2.05, 4.69) is 10.4 Å². The van der Waals surface area contributed by atoms with E-state index in [0.29, 0.717) is 11.9 Å². The zero-order valence-electron chi connectivity index (χ0n) is 15.9. The first-order chi connectivity index (χ1) is 13.7. The van der Waals surface area contributed by atoms with Crippen molar-refractivity contribution in [1.82, 2.24) is 9.78 Å². The maximum Gasteiger partial charge on any atom is 0.420 e. The van der Waals surface area contributed by atoms with Crippen LogP contribution in [-0.2, 0) is 12.7 Å². The molecule has 0 saturated heterocycles. The van der Waals surface area contributed by atoms with E-state index < -0.39 is 29.2 Å². The number of hydrogen-bond donors (Lipinski definition) is 2. The summed E-state index contributed by atoms with van der Waals surface area (Å²) < 4.78 is 55.8. The minimum atomic E-state index is -4.72. The number of amides is 1. The molecule has 0 aliphatic heterocycles. The first-order valence-corrected chi connectivity index (χ1v) is 10.2. The predicted octanol–water partition coefficient (Wildman–Crippen LogP) is 5.15. The fourth-order valence-corrected chi connectivity index (χ4v) is 4.14. The Hall–Kier alpha value is -2.07. The van der Waals surface area contributed by atoms with Crippen LogP contribution in [0.4, 0.5) is 23.2 Å². The van der Waals surface area contributed by atoms with Crippen molar-refractivity contribution < 1.29 is 22.4 Å². The number of anilines is 1. The van der Waals surface area contributed by atoms with Gasteiger partial charge >= 0.3 is 6.18 Å². The van der Waals surface area contributed by atoms with Gasteiger partial charge in [-0.05, 0) is 55.8 Å². The van der Waals surface area contributed by atoms with E-state index in [-0.39, 0.29) is 28.7 Å². The highest BCUT2D eigenvalue weighted by atomic mass is 32.2. The van der Waals surface area contributed by atoms with E-state index in [1.807, 2.05) is 0 Å². The SMILES string of the molecule is Cc1nn(CC2CCCCC2)c(C(=O)Nc2ccc(F)c(SN)c2)c1C(F)(F)F. The lowest BCUT2D eigenvalue weighted by molar-refractivity contribution is -0.138. The molecule has 0 spiro atoms. The van der Waals surface area contributed by atoms with Gasteiger partial charge in [-0.15, -0.1) is 0 Å². The van der Waals surface area contributed by atoms with Gasteiger partial charge in [0.25, 0.3) is 5.91 Å². The van der Waals surface area contributed by atoms with E-state index in [9.17, 15) is 22.4 Å². The monoisotopic (exact) mass is 430 g/mol. The van der Waals surface area contributed by atoms with Crippen LogP contribution in [0, 0.1) is 18.7 Å². The molecular formula is C19H22F4N4OS. The normalized spacial score (nSPS) is 15.5. The molecule has 0 unspecified atom stereocenters. The fourth-order valence-electron chi connectivity index (χ4n) is 3.76. The second-order valence-corrected chi connectivity index (χ2v) is 7.89. The van der Waals surface area contributed by atoms with Crippen LogP contribution in [0.3, 0.4) is 0 Å². The summed E-state index contributed by atoms with van der Waals surface area (Å²) in [7, 11) is 0. The molecule has 0 bridgehead atoms. The van der Waals surface area contributed by atoms with Crippen LogP contribution in [0.15, 0.2) is 23.1 Å². The minimum absolute atomic E-state index is 0.0748. The third kappa shape index (κ3) is 4.92. The second kappa shape index (κ2) is 8.74. The maximum atomic E-state index is 13.7. The Kier molecular flexibility index (Phi) is 6.52. The number of hydrogen-bond acceptors (Lipinski definition) is 4. The molecule has 0 atom stereocenters. The van der Waals surface area contributed by atoms with Gasteiger partial charge in [-0.3, -0.25) is 14.6 Å². The van der Waals surface area contributed by atoms with Crippen molar-refractivity contribution in [3.05, 3.63) is 41.0 Å². The van der Waals surface area contributed by atoms with E-state index in [1.54, 1.807) is 0 Å². The van der Waals surface area contributed by atoms with E-state index in [0.717, 1.165) is 38.2 Å². The summed E-state index contributed by atoms with van der Waals surface area (Å²) in [6, 6.07) is 3.65. The second-order valence-electron chi connectivity index (χ2n) is 7.21. The van der Waals surface area contributed by atoms with Gasteiger partial charge in [-0.2, -0.15) is 18.3 Å². The van der Waals surface area contributed by atoms with Gasteiger partial charge < -0.3 is 5.32 Å². The number of aryl methyl sites for hydroxylation is 1. The molecule has 1 heterocycles. The Labute approximate surface area is 170 Å². The first kappa shape index (κ1) is 21.6. The van der Waals surface area contributed by atoms with Gasteiger partial charge in [0.05, 0.1) is 10.6 Å². The van der Waals surface area contributed by atoms with Crippen molar-refractivity contribution >= 4 is 23.5 Å². The third-order valence-electron chi connectivity index (χ3n) is 5.10. The number of nitrogens with two attached hydrogens (primary N) is 1. The number of alkyl halides is 3. The molecule has 0 radical (unpaired) electrons. The lowest BCUT2D eigenvalue weighted by atomic mass is 9.89. The number of nitrogens with one attached hydrogen (secondary N) is 1. The fraction of sp³-hybridized carbons (Fsp3) is 0.474. The molecule has 10 heteroatoms. The average molecular weight is 430 g/mol. The number of aromatic nitrogens is 2. The largest absolute Gasteiger partial charge is 0.420 e. The van der Waals surface area contributed by atoms with Gasteiger partial charge in [0.1, 0.15) is 17.1 Å². The molecule has 158 valence electrons. The molecule has 1 amide bonds. The molecule has 2 aromatic rings. The molecule has 5 nitrogen and oxygen atoms in total. The summed E-state index contributed by atoms with van der Waals surface area (Å²) in [6.07, 6.45) is 0.235. The summed E-state index contributed by atoms with van der Waals surface area (Å²) in [5.41, 5.74) is -1.65. The molecule has 1 aliphatic carbocycles. The standard InChI is InChI=1S/C19H22F4N4OS/c1-11-16(19(21,22)23)17(27(26-11)10-12-5-3-2-4-6-12)18(28)25-13-7-8-14(20)15(9-13)29-24/h7-9,12H,2-6,10,24H2,1H3,(H,25,28). The molecule has 1 aromatic heterocycles. The minimum Gasteiger partial charge on any atom is -0.321 e. The van der Waals surface area contributed by atoms with Gasteiger partial charge in [0.15, 0.2) is 0 Å². The third-order valence-corrected chi connectivity index (χ3v) is 5.66. The molecule has 1 aliphatic rings. The van der Waals surface area contributed by atoms with Crippen LogP contribution in [-0.4, -0.2) is 15.7 Å². The summed E-state index contributed by atoms with van der Waals surface area (Å²) in [6.45, 7) is 1.50. The summed E-state index contributed by atoms with van der Waals surface area (Å²) in [4.78, 5) is 12.9. The van der Waals surface area contributed by atoms with Gasteiger partial charge in [-0.1, -0.05) is 19.3 Å². The molecule has 1 fully saturated rings. The van der Waals surface area contributed by atoms with Crippen molar-refractivity contribution in [2.45, 2.75) is 56.6 Å². The summed E-state index contributed by atoms with van der Waals surface area (Å²) in [5.74, 6) is -1.33. The smallest absolute Gasteiger partial charge is 0.321 e. The van der Waals surface area contributed by atoms with Crippen molar-refractivity contribution in [2.75, 3.05) is 5.32 Å². The number of carbonyl (C=O) groups excluding carboxylic acids is 1. The molecule has 3 N–H and O–H groups in total. The van der Waals surface area contributed by atoms with Crippen molar-refractivity contribution in [3.63, 3.8) is 0 Å². The molecular weight excluding hydrogens is 408 g/mol. The average Bonchev–Trinajstić information content (AvgIpc) is 3.00. The van der Waals surface area contributed by atoms with Gasteiger partial charge in [0.2, 0.25) is 0 Å². The Morgan fingerprint density at radius 1 is 1.31 bits per heavy atom. The summed E-state index contributed by atoms with van der Waals surface area (Å²) in [5, 5.41) is 11.8. The van der Waals surface area contributed by atoms with Crippen LogP contribution in [0.1, 0.15) is 53.8 Å². The zero-order chi connectivity index (χ0) is 21.2. The highest BCUT2D eigenvalue weighted by molar-refractivity contribution is 7.97. The van der Waals surface area contributed by atoms with E-state index in [4.69, 9.17) is 5.14 Å². The Morgan fingerprint density at radius 2 is 2.00 bits per heavy atom. The van der Waals surface area contributed by atoms with Crippen LogP contribution in [0.2, 0.25) is 0 Å².